The number of methoxy groups -OCH3 is 1. The molecule has 0 radical (unpaired) electrons. The minimum Gasteiger partial charge on any atom is -0.496 e. The van der Waals surface area contributed by atoms with Gasteiger partial charge in [-0.2, -0.15) is 0 Å². The number of carbonyl (C=O) groups is 2. The molecule has 0 aliphatic rings. The molecule has 1 N–H and O–H groups in total. The van der Waals surface area contributed by atoms with E-state index in [1.54, 1.807) is 24.3 Å². The number of ether oxygens (including phenoxy) is 2. The Balaban J connectivity index is 1.56. The molecule has 0 unspecified atom stereocenters. The van der Waals surface area contributed by atoms with Crippen molar-refractivity contribution < 1.29 is 23.6 Å². The van der Waals surface area contributed by atoms with Crippen LogP contribution in [-0.2, 0) is 9.53 Å². The molecule has 0 aliphatic carbocycles. The molecule has 0 aliphatic heterocycles. The fraction of sp³-hybridized carbons (Fsp3) is 0.190. The second-order valence-electron chi connectivity index (χ2n) is 6.25. The standard InChI is InChI=1S/C21H20N2O5/c1-13-4-7-15(8-5-13)17-11-20(28-23-17)22-19(24)12-27-21(25)16-9-6-14(2)18(10-16)26-3/h4-11H,12H2,1-3H3,(H,22,24). The predicted octanol–water partition coefficient (Wildman–Crippen LogP) is 3.76. The van der Waals surface area contributed by atoms with Crippen LogP contribution in [-0.4, -0.2) is 30.7 Å². The number of nitrogens with one attached hydrogen (secondary N) is 1. The molecule has 3 aromatic rings. The van der Waals surface area contributed by atoms with Crippen molar-refractivity contribution in [3.63, 3.8) is 0 Å². The van der Waals surface area contributed by atoms with E-state index < -0.39 is 18.5 Å². The maximum atomic E-state index is 12.1. The molecule has 0 fully saturated rings. The number of aryl methyl sites for hydroxylation is 2. The summed E-state index contributed by atoms with van der Waals surface area (Å²) < 4.78 is 15.3. The molecule has 0 spiro atoms. The van der Waals surface area contributed by atoms with Gasteiger partial charge < -0.3 is 14.0 Å². The normalized spacial score (nSPS) is 10.4. The Hall–Kier alpha value is -3.61. The lowest BCUT2D eigenvalue weighted by atomic mass is 10.1. The second-order valence-corrected chi connectivity index (χ2v) is 6.25. The number of esters is 1. The number of benzene rings is 2. The Bertz CT molecular complexity index is 992. The third-order valence-electron chi connectivity index (χ3n) is 4.10. The average Bonchev–Trinajstić information content (AvgIpc) is 3.15. The second kappa shape index (κ2) is 8.39. The van der Waals surface area contributed by atoms with Crippen LogP contribution in [0.2, 0.25) is 0 Å². The van der Waals surface area contributed by atoms with Gasteiger partial charge in [0.25, 0.3) is 5.91 Å². The van der Waals surface area contributed by atoms with E-state index in [0.717, 1.165) is 16.7 Å². The van der Waals surface area contributed by atoms with Crippen LogP contribution < -0.4 is 10.1 Å². The molecule has 1 aromatic heterocycles. The van der Waals surface area contributed by atoms with Crippen molar-refractivity contribution in [3.8, 4) is 17.0 Å². The van der Waals surface area contributed by atoms with Crippen LogP contribution in [0.1, 0.15) is 21.5 Å². The lowest BCUT2D eigenvalue weighted by Gasteiger charge is -2.08. The number of hydrogen-bond donors (Lipinski definition) is 1. The zero-order valence-electron chi connectivity index (χ0n) is 15.8. The molecule has 7 nitrogen and oxygen atoms in total. The Morgan fingerprint density at radius 1 is 1.07 bits per heavy atom. The number of carbonyl (C=O) groups excluding carboxylic acids is 2. The molecule has 0 saturated heterocycles. The zero-order chi connectivity index (χ0) is 20.1. The van der Waals surface area contributed by atoms with Crippen molar-refractivity contribution >= 4 is 17.8 Å². The number of hydrogen-bond acceptors (Lipinski definition) is 6. The first-order valence-corrected chi connectivity index (χ1v) is 8.61. The molecule has 1 amide bonds. The van der Waals surface area contributed by atoms with Gasteiger partial charge in [-0.25, -0.2) is 4.79 Å². The van der Waals surface area contributed by atoms with Gasteiger partial charge in [0.15, 0.2) is 6.61 Å². The van der Waals surface area contributed by atoms with Crippen molar-refractivity contribution in [1.29, 1.82) is 0 Å². The van der Waals surface area contributed by atoms with Crippen LogP contribution in [0.4, 0.5) is 5.88 Å². The molecule has 0 atom stereocenters. The van der Waals surface area contributed by atoms with E-state index in [2.05, 4.69) is 10.5 Å². The molecule has 0 bridgehead atoms. The number of amides is 1. The highest BCUT2D eigenvalue weighted by Gasteiger charge is 2.14. The monoisotopic (exact) mass is 380 g/mol. The summed E-state index contributed by atoms with van der Waals surface area (Å²) in [5, 5.41) is 6.44. The SMILES string of the molecule is COc1cc(C(=O)OCC(=O)Nc2cc(-c3ccc(C)cc3)no2)ccc1C. The van der Waals surface area contributed by atoms with Crippen molar-refractivity contribution in [2.75, 3.05) is 19.0 Å². The third kappa shape index (κ3) is 4.56. The lowest BCUT2D eigenvalue weighted by molar-refractivity contribution is -0.119. The van der Waals surface area contributed by atoms with Gasteiger partial charge in [0.05, 0.1) is 12.7 Å². The topological polar surface area (TPSA) is 90.7 Å². The van der Waals surface area contributed by atoms with Crippen LogP contribution >= 0.6 is 0 Å². The van der Waals surface area contributed by atoms with Gasteiger partial charge in [-0.05, 0) is 31.5 Å². The van der Waals surface area contributed by atoms with Gasteiger partial charge in [-0.15, -0.1) is 0 Å². The summed E-state index contributed by atoms with van der Waals surface area (Å²) in [5.74, 6) is -0.400. The minimum absolute atomic E-state index is 0.175. The number of rotatable bonds is 6. The van der Waals surface area contributed by atoms with Crippen molar-refractivity contribution in [1.82, 2.24) is 5.16 Å². The van der Waals surface area contributed by atoms with E-state index in [9.17, 15) is 9.59 Å². The summed E-state index contributed by atoms with van der Waals surface area (Å²) >= 11 is 0. The maximum absolute atomic E-state index is 12.1. The summed E-state index contributed by atoms with van der Waals surface area (Å²) in [7, 11) is 1.52. The first-order chi connectivity index (χ1) is 13.5. The van der Waals surface area contributed by atoms with Gasteiger partial charge >= 0.3 is 5.97 Å². The highest BCUT2D eigenvalue weighted by Crippen LogP contribution is 2.22. The van der Waals surface area contributed by atoms with E-state index in [1.165, 1.54) is 7.11 Å². The first kappa shape index (κ1) is 19.2. The lowest BCUT2D eigenvalue weighted by Crippen LogP contribution is -2.20. The van der Waals surface area contributed by atoms with Crippen molar-refractivity contribution in [3.05, 3.63) is 65.2 Å². The summed E-state index contributed by atoms with van der Waals surface area (Å²) in [6.07, 6.45) is 0. The van der Waals surface area contributed by atoms with Crippen LogP contribution in [0.5, 0.6) is 5.75 Å². The Morgan fingerprint density at radius 3 is 2.54 bits per heavy atom. The van der Waals surface area contributed by atoms with Crippen molar-refractivity contribution in [2.45, 2.75) is 13.8 Å². The molecule has 0 saturated carbocycles. The molecular formula is C21H20N2O5. The third-order valence-corrected chi connectivity index (χ3v) is 4.10. The summed E-state index contributed by atoms with van der Waals surface area (Å²) in [6.45, 7) is 3.41. The van der Waals surface area contributed by atoms with Crippen LogP contribution in [0.3, 0.4) is 0 Å². The fourth-order valence-electron chi connectivity index (χ4n) is 2.53. The molecule has 2 aromatic carbocycles. The molecule has 28 heavy (non-hydrogen) atoms. The van der Waals surface area contributed by atoms with E-state index >= 15 is 0 Å². The van der Waals surface area contributed by atoms with Gasteiger partial charge in [0, 0.05) is 11.6 Å². The Labute approximate surface area is 162 Å². The highest BCUT2D eigenvalue weighted by atomic mass is 16.5. The summed E-state index contributed by atoms with van der Waals surface area (Å²) in [6, 6.07) is 14.3. The van der Waals surface area contributed by atoms with E-state index in [4.69, 9.17) is 14.0 Å². The quantitative estimate of drug-likeness (QED) is 0.655. The minimum atomic E-state index is -0.619. The van der Waals surface area contributed by atoms with E-state index in [0.29, 0.717) is 17.0 Å². The number of anilines is 1. The van der Waals surface area contributed by atoms with Gasteiger partial charge in [-0.3, -0.25) is 10.1 Å². The molecule has 7 heteroatoms. The first-order valence-electron chi connectivity index (χ1n) is 8.61. The molecular weight excluding hydrogens is 360 g/mol. The van der Waals surface area contributed by atoms with E-state index in [1.807, 2.05) is 38.1 Å². The van der Waals surface area contributed by atoms with Gasteiger partial charge in [0.2, 0.25) is 5.88 Å². The van der Waals surface area contributed by atoms with Gasteiger partial charge in [-0.1, -0.05) is 41.1 Å². The molecule has 3 rings (SSSR count). The maximum Gasteiger partial charge on any atom is 0.338 e. The molecule has 1 heterocycles. The largest absolute Gasteiger partial charge is 0.496 e. The van der Waals surface area contributed by atoms with Gasteiger partial charge in [0.1, 0.15) is 11.4 Å². The smallest absolute Gasteiger partial charge is 0.338 e. The number of aromatic nitrogens is 1. The van der Waals surface area contributed by atoms with E-state index in [-0.39, 0.29) is 5.88 Å². The molecule has 144 valence electrons. The Kier molecular flexibility index (Phi) is 5.74. The average molecular weight is 380 g/mol. The summed E-state index contributed by atoms with van der Waals surface area (Å²) in [5.41, 5.74) is 3.80. The fourth-order valence-corrected chi connectivity index (χ4v) is 2.53. The number of nitrogens with zero attached hydrogens (tertiary/aromatic N) is 1. The Morgan fingerprint density at radius 2 is 1.82 bits per heavy atom. The van der Waals surface area contributed by atoms with Crippen LogP contribution in [0, 0.1) is 13.8 Å². The highest BCUT2D eigenvalue weighted by molar-refractivity contribution is 5.95. The van der Waals surface area contributed by atoms with Crippen molar-refractivity contribution in [2.24, 2.45) is 0 Å². The van der Waals surface area contributed by atoms with Crippen LogP contribution in [0.25, 0.3) is 11.3 Å². The predicted molar refractivity (Wildman–Crippen MR) is 103 cm³/mol. The van der Waals surface area contributed by atoms with Crippen LogP contribution in [0.15, 0.2) is 53.1 Å². The summed E-state index contributed by atoms with van der Waals surface area (Å²) in [4.78, 5) is 24.1. The zero-order valence-corrected chi connectivity index (χ0v) is 15.8.